The third-order valence-corrected chi connectivity index (χ3v) is 2.15. The molecule has 0 radical (unpaired) electrons. The van der Waals surface area contributed by atoms with Gasteiger partial charge in [-0.2, -0.15) is 0 Å². The Hall–Kier alpha value is -0.870. The number of hydrogen-bond donors (Lipinski definition) is 1. The lowest BCUT2D eigenvalue weighted by atomic mass is 10.5. The topological polar surface area (TPSA) is 41.0 Å². The molecule has 1 heterocycles. The maximum absolute atomic E-state index is 5.64. The van der Waals surface area contributed by atoms with Crippen LogP contribution in [-0.4, -0.2) is 41.5 Å². The van der Waals surface area contributed by atoms with Crippen LogP contribution in [0.5, 0.6) is 0 Å². The highest BCUT2D eigenvalue weighted by molar-refractivity contribution is 6.28. The predicted molar refractivity (Wildman–Crippen MR) is 58.7 cm³/mol. The molecule has 0 amide bonds. The van der Waals surface area contributed by atoms with Crippen molar-refractivity contribution in [3.8, 4) is 0 Å². The van der Waals surface area contributed by atoms with Crippen molar-refractivity contribution in [2.24, 2.45) is 0 Å². The molecular formula is C9H15ClN4. The van der Waals surface area contributed by atoms with Crippen LogP contribution in [-0.2, 0) is 0 Å². The van der Waals surface area contributed by atoms with Gasteiger partial charge in [-0.05, 0) is 31.3 Å². The molecule has 1 N–H and O–H groups in total. The molecule has 1 aromatic rings. The van der Waals surface area contributed by atoms with E-state index in [0.29, 0.717) is 0 Å². The van der Waals surface area contributed by atoms with Crippen LogP contribution >= 0.6 is 11.6 Å². The number of nitrogens with zero attached hydrogens (tertiary/aromatic N) is 3. The van der Waals surface area contributed by atoms with Crippen molar-refractivity contribution < 1.29 is 0 Å². The average Bonchev–Trinajstić information content (AvgIpc) is 2.17. The zero-order valence-corrected chi connectivity index (χ0v) is 9.25. The van der Waals surface area contributed by atoms with Gasteiger partial charge >= 0.3 is 0 Å². The Labute approximate surface area is 89.3 Å². The van der Waals surface area contributed by atoms with E-state index in [-0.39, 0.29) is 5.28 Å². The molecule has 0 aliphatic heterocycles. The largest absolute Gasteiger partial charge is 0.369 e. The molecule has 14 heavy (non-hydrogen) atoms. The summed E-state index contributed by atoms with van der Waals surface area (Å²) in [6.45, 7) is 5.02. The van der Waals surface area contributed by atoms with E-state index in [9.17, 15) is 0 Å². The molecule has 0 atom stereocenters. The van der Waals surface area contributed by atoms with Crippen molar-refractivity contribution >= 4 is 17.4 Å². The lowest BCUT2D eigenvalue weighted by Gasteiger charge is -2.14. The highest BCUT2D eigenvalue weighted by Gasteiger charge is 1.96. The molecule has 0 spiro atoms. The summed E-state index contributed by atoms with van der Waals surface area (Å²) in [5.41, 5.74) is 0. The Morgan fingerprint density at radius 1 is 1.57 bits per heavy atom. The Morgan fingerprint density at radius 2 is 2.36 bits per heavy atom. The second-order valence-electron chi connectivity index (χ2n) is 3.03. The standard InChI is InChI=1S/C9H15ClN4/c1-3-14(2)7-6-11-8-4-5-12-9(10)13-8/h4-5H,3,6-7H2,1-2H3,(H,11,12,13). The van der Waals surface area contributed by atoms with Crippen molar-refractivity contribution in [1.29, 1.82) is 0 Å². The molecule has 0 saturated carbocycles. The van der Waals surface area contributed by atoms with Crippen LogP contribution < -0.4 is 5.32 Å². The molecule has 4 nitrogen and oxygen atoms in total. The minimum atomic E-state index is 0.277. The summed E-state index contributed by atoms with van der Waals surface area (Å²) in [6, 6.07) is 1.80. The van der Waals surface area contributed by atoms with Gasteiger partial charge in [0.15, 0.2) is 0 Å². The van der Waals surface area contributed by atoms with E-state index in [0.717, 1.165) is 25.5 Å². The van der Waals surface area contributed by atoms with Gasteiger partial charge in [0.2, 0.25) is 5.28 Å². The van der Waals surface area contributed by atoms with E-state index in [4.69, 9.17) is 11.6 Å². The number of likely N-dealkylation sites (N-methyl/N-ethyl adjacent to an activating group) is 1. The second-order valence-corrected chi connectivity index (χ2v) is 3.37. The molecule has 1 rings (SSSR count). The van der Waals surface area contributed by atoms with Gasteiger partial charge in [0.25, 0.3) is 0 Å². The molecule has 5 heteroatoms. The Kier molecular flexibility index (Phi) is 4.62. The molecular weight excluding hydrogens is 200 g/mol. The van der Waals surface area contributed by atoms with Gasteiger partial charge in [-0.1, -0.05) is 6.92 Å². The second kappa shape index (κ2) is 5.78. The molecule has 1 aromatic heterocycles. The lowest BCUT2D eigenvalue weighted by molar-refractivity contribution is 0.367. The summed E-state index contributed by atoms with van der Waals surface area (Å²) in [7, 11) is 2.08. The maximum atomic E-state index is 5.64. The number of hydrogen-bond acceptors (Lipinski definition) is 4. The highest BCUT2D eigenvalue weighted by atomic mass is 35.5. The monoisotopic (exact) mass is 214 g/mol. The van der Waals surface area contributed by atoms with E-state index >= 15 is 0 Å². The van der Waals surface area contributed by atoms with Gasteiger partial charge in [-0.15, -0.1) is 0 Å². The molecule has 0 unspecified atom stereocenters. The average molecular weight is 215 g/mol. The van der Waals surface area contributed by atoms with E-state index in [1.54, 1.807) is 12.3 Å². The zero-order valence-electron chi connectivity index (χ0n) is 8.50. The Bertz CT molecular complexity index is 279. The van der Waals surface area contributed by atoms with Crippen molar-refractivity contribution in [1.82, 2.24) is 14.9 Å². The van der Waals surface area contributed by atoms with Crippen molar-refractivity contribution in [3.05, 3.63) is 17.5 Å². The van der Waals surface area contributed by atoms with E-state index < -0.39 is 0 Å². The molecule has 78 valence electrons. The first-order valence-corrected chi connectivity index (χ1v) is 5.01. The van der Waals surface area contributed by atoms with Crippen LogP contribution in [0.2, 0.25) is 5.28 Å². The smallest absolute Gasteiger partial charge is 0.224 e. The maximum Gasteiger partial charge on any atom is 0.224 e. The van der Waals surface area contributed by atoms with Crippen LogP contribution in [0.1, 0.15) is 6.92 Å². The summed E-state index contributed by atoms with van der Waals surface area (Å²) in [6.07, 6.45) is 1.64. The molecule has 0 saturated heterocycles. The SMILES string of the molecule is CCN(C)CCNc1ccnc(Cl)n1. The van der Waals surface area contributed by atoms with Crippen molar-refractivity contribution in [2.45, 2.75) is 6.92 Å². The molecule has 0 aliphatic carbocycles. The third-order valence-electron chi connectivity index (χ3n) is 1.97. The fraction of sp³-hybridized carbons (Fsp3) is 0.556. The normalized spacial score (nSPS) is 10.6. The highest BCUT2D eigenvalue weighted by Crippen LogP contribution is 2.04. The first-order valence-electron chi connectivity index (χ1n) is 4.63. The fourth-order valence-corrected chi connectivity index (χ4v) is 1.11. The van der Waals surface area contributed by atoms with Gasteiger partial charge in [-0.3, -0.25) is 0 Å². The van der Waals surface area contributed by atoms with Crippen molar-refractivity contribution in [3.63, 3.8) is 0 Å². The summed E-state index contributed by atoms with van der Waals surface area (Å²) < 4.78 is 0. The van der Waals surface area contributed by atoms with Crippen LogP contribution in [0.25, 0.3) is 0 Å². The number of anilines is 1. The minimum Gasteiger partial charge on any atom is -0.369 e. The summed E-state index contributed by atoms with van der Waals surface area (Å²) in [5.74, 6) is 0.773. The van der Waals surface area contributed by atoms with Gasteiger partial charge in [0.1, 0.15) is 5.82 Å². The molecule has 0 bridgehead atoms. The number of nitrogens with one attached hydrogen (secondary N) is 1. The van der Waals surface area contributed by atoms with Crippen LogP contribution in [0.4, 0.5) is 5.82 Å². The number of halogens is 1. The number of rotatable bonds is 5. The van der Waals surface area contributed by atoms with E-state index in [1.165, 1.54) is 0 Å². The number of aromatic nitrogens is 2. The van der Waals surface area contributed by atoms with Gasteiger partial charge in [0, 0.05) is 19.3 Å². The summed E-state index contributed by atoms with van der Waals surface area (Å²) in [5, 5.41) is 3.45. The summed E-state index contributed by atoms with van der Waals surface area (Å²) in [4.78, 5) is 10.0. The minimum absolute atomic E-state index is 0.277. The zero-order chi connectivity index (χ0) is 10.4. The van der Waals surface area contributed by atoms with Crippen LogP contribution in [0.3, 0.4) is 0 Å². The van der Waals surface area contributed by atoms with Gasteiger partial charge < -0.3 is 10.2 Å². The van der Waals surface area contributed by atoms with Crippen LogP contribution in [0.15, 0.2) is 12.3 Å². The fourth-order valence-electron chi connectivity index (χ4n) is 0.966. The third kappa shape index (κ3) is 3.89. The quantitative estimate of drug-likeness (QED) is 0.755. The first-order chi connectivity index (χ1) is 6.72. The first kappa shape index (κ1) is 11.2. The molecule has 0 aromatic carbocycles. The van der Waals surface area contributed by atoms with Crippen LogP contribution in [0, 0.1) is 0 Å². The van der Waals surface area contributed by atoms with Gasteiger partial charge in [-0.25, -0.2) is 9.97 Å². The van der Waals surface area contributed by atoms with E-state index in [1.807, 2.05) is 0 Å². The van der Waals surface area contributed by atoms with Crippen molar-refractivity contribution in [2.75, 3.05) is 32.0 Å². The Morgan fingerprint density at radius 3 is 3.00 bits per heavy atom. The predicted octanol–water partition coefficient (Wildman–Crippen LogP) is 1.49. The lowest BCUT2D eigenvalue weighted by Crippen LogP contribution is -2.24. The molecule has 0 fully saturated rings. The van der Waals surface area contributed by atoms with E-state index in [2.05, 4.69) is 34.2 Å². The van der Waals surface area contributed by atoms with Gasteiger partial charge in [0.05, 0.1) is 0 Å². The summed E-state index contributed by atoms with van der Waals surface area (Å²) >= 11 is 5.64. The molecule has 0 aliphatic rings. The Balaban J connectivity index is 2.31.